The fourth-order valence-corrected chi connectivity index (χ4v) is 7.86. The summed E-state index contributed by atoms with van der Waals surface area (Å²) in [4.78, 5) is 0. The van der Waals surface area contributed by atoms with Crippen LogP contribution < -0.4 is 0 Å². The number of benzene rings is 2. The van der Waals surface area contributed by atoms with E-state index in [1.165, 1.54) is 16.7 Å². The van der Waals surface area contributed by atoms with E-state index in [4.69, 9.17) is 0 Å². The highest BCUT2D eigenvalue weighted by atomic mass is 28.2. The van der Waals surface area contributed by atoms with E-state index in [2.05, 4.69) is 105 Å². The van der Waals surface area contributed by atoms with Gasteiger partial charge in [0.25, 0.3) is 0 Å². The van der Waals surface area contributed by atoms with Crippen LogP contribution >= 0.6 is 0 Å². The van der Waals surface area contributed by atoms with Crippen LogP contribution in [0.3, 0.4) is 0 Å². The first-order valence-corrected chi connectivity index (χ1v) is 11.9. The Kier molecular flexibility index (Phi) is 4.41. The average molecular weight is 379 g/mol. The molecule has 0 spiro atoms. The molecule has 0 aliphatic heterocycles. The monoisotopic (exact) mass is 378 g/mol. The fraction of sp³-hybridized carbons (Fsp3) is 0.185. The van der Waals surface area contributed by atoms with Gasteiger partial charge in [-0.1, -0.05) is 102 Å². The van der Waals surface area contributed by atoms with Crippen LogP contribution in [0.15, 0.2) is 107 Å². The van der Waals surface area contributed by atoms with E-state index in [-0.39, 0.29) is 0 Å². The SMILES string of the molecule is CC1=CC2=C(C=CC=CC2c2ccccc2)C1[SiH2]C1C(C)=Cc2ccccc21. The van der Waals surface area contributed by atoms with E-state index in [1.807, 2.05) is 0 Å². The van der Waals surface area contributed by atoms with Crippen LogP contribution in [0.4, 0.5) is 0 Å². The Morgan fingerprint density at radius 1 is 0.714 bits per heavy atom. The van der Waals surface area contributed by atoms with Gasteiger partial charge in [0, 0.05) is 15.4 Å². The smallest absolute Gasteiger partial charge is 0.0474 e. The summed E-state index contributed by atoms with van der Waals surface area (Å²) in [5.41, 5.74) is 11.9. The van der Waals surface area contributed by atoms with Crippen molar-refractivity contribution in [3.8, 4) is 0 Å². The average Bonchev–Trinajstić information content (AvgIpc) is 3.10. The van der Waals surface area contributed by atoms with Crippen molar-refractivity contribution in [3.05, 3.63) is 124 Å². The molecule has 3 aliphatic rings. The van der Waals surface area contributed by atoms with Crippen molar-refractivity contribution >= 4 is 15.6 Å². The molecule has 2 aromatic rings. The molecule has 0 nitrogen and oxygen atoms in total. The normalized spacial score (nSPS) is 25.7. The van der Waals surface area contributed by atoms with Crippen LogP contribution in [0.2, 0.25) is 5.54 Å². The van der Waals surface area contributed by atoms with E-state index in [9.17, 15) is 0 Å². The Balaban J connectivity index is 1.51. The quantitative estimate of drug-likeness (QED) is 0.552. The van der Waals surface area contributed by atoms with Crippen molar-refractivity contribution in [2.75, 3.05) is 0 Å². The molecule has 0 N–H and O–H groups in total. The second-order valence-corrected chi connectivity index (χ2v) is 10.4. The summed E-state index contributed by atoms with van der Waals surface area (Å²) in [6.45, 7) is 4.68. The van der Waals surface area contributed by atoms with E-state index in [0.29, 0.717) is 17.0 Å². The summed E-state index contributed by atoms with van der Waals surface area (Å²) < 4.78 is 0. The van der Waals surface area contributed by atoms with E-state index < -0.39 is 9.52 Å². The lowest BCUT2D eigenvalue weighted by atomic mass is 9.90. The molecule has 5 rings (SSSR count). The van der Waals surface area contributed by atoms with Crippen LogP contribution in [-0.4, -0.2) is 9.52 Å². The molecule has 0 saturated heterocycles. The lowest BCUT2D eigenvalue weighted by Crippen LogP contribution is -2.15. The third kappa shape index (κ3) is 2.91. The first-order chi connectivity index (χ1) is 13.7. The van der Waals surface area contributed by atoms with Gasteiger partial charge in [-0.25, -0.2) is 0 Å². The summed E-state index contributed by atoms with van der Waals surface area (Å²) in [5, 5.41) is 0. The Morgan fingerprint density at radius 3 is 2.32 bits per heavy atom. The van der Waals surface area contributed by atoms with Crippen molar-refractivity contribution in [2.45, 2.75) is 30.8 Å². The minimum Gasteiger partial charge on any atom is -0.0726 e. The van der Waals surface area contributed by atoms with Crippen molar-refractivity contribution in [1.29, 1.82) is 0 Å². The standard InChI is InChI=1S/C27H26Si/c1-18-16-21-12-6-7-14-23(21)26(18)28-27-19(2)17-25-22(13-8-9-15-24(25)27)20-10-4-3-5-11-20/h3-17,22,26-27H,28H2,1-2H3. The van der Waals surface area contributed by atoms with Gasteiger partial charge in [0.05, 0.1) is 0 Å². The molecule has 0 saturated carbocycles. The summed E-state index contributed by atoms with van der Waals surface area (Å²) >= 11 is 0. The molecule has 0 radical (unpaired) electrons. The summed E-state index contributed by atoms with van der Waals surface area (Å²) in [7, 11) is -0.396. The van der Waals surface area contributed by atoms with Gasteiger partial charge in [0.15, 0.2) is 0 Å². The van der Waals surface area contributed by atoms with Gasteiger partial charge in [-0.3, -0.25) is 0 Å². The molecular weight excluding hydrogens is 352 g/mol. The van der Waals surface area contributed by atoms with Crippen molar-refractivity contribution in [1.82, 2.24) is 0 Å². The second-order valence-electron chi connectivity index (χ2n) is 8.29. The predicted octanol–water partition coefficient (Wildman–Crippen LogP) is 6.27. The van der Waals surface area contributed by atoms with Crippen LogP contribution in [-0.2, 0) is 0 Å². The Hall–Kier alpha value is -2.64. The van der Waals surface area contributed by atoms with Gasteiger partial charge in [-0.2, -0.15) is 0 Å². The van der Waals surface area contributed by atoms with E-state index in [0.717, 1.165) is 0 Å². The highest BCUT2D eigenvalue weighted by Gasteiger charge is 2.33. The maximum absolute atomic E-state index is 2.49. The molecule has 2 aromatic carbocycles. The summed E-state index contributed by atoms with van der Waals surface area (Å²) in [5.74, 6) is 0.368. The molecule has 138 valence electrons. The molecule has 0 aromatic heterocycles. The zero-order valence-electron chi connectivity index (χ0n) is 16.6. The van der Waals surface area contributed by atoms with Crippen molar-refractivity contribution in [2.24, 2.45) is 0 Å². The van der Waals surface area contributed by atoms with Crippen molar-refractivity contribution in [3.63, 3.8) is 0 Å². The third-order valence-corrected chi connectivity index (χ3v) is 9.71. The molecule has 0 heterocycles. The topological polar surface area (TPSA) is 0 Å². The number of fused-ring (bicyclic) bond motifs is 1. The first kappa shape index (κ1) is 17.5. The zero-order chi connectivity index (χ0) is 19.1. The van der Waals surface area contributed by atoms with Gasteiger partial charge >= 0.3 is 0 Å². The summed E-state index contributed by atoms with van der Waals surface area (Å²) in [6, 6.07) is 19.9. The third-order valence-electron chi connectivity index (χ3n) is 6.60. The molecule has 3 atom stereocenters. The number of hydrogen-bond donors (Lipinski definition) is 0. The Morgan fingerprint density at radius 2 is 1.46 bits per heavy atom. The number of allylic oxidation sites excluding steroid dienone is 9. The maximum Gasteiger partial charge on any atom is 0.0474 e. The molecule has 3 aliphatic carbocycles. The lowest BCUT2D eigenvalue weighted by molar-refractivity contribution is 1.01. The van der Waals surface area contributed by atoms with Gasteiger partial charge in [0.2, 0.25) is 0 Å². The Labute approximate surface area is 170 Å². The second kappa shape index (κ2) is 7.07. The van der Waals surface area contributed by atoms with Crippen LogP contribution in [0, 0.1) is 0 Å². The van der Waals surface area contributed by atoms with Crippen molar-refractivity contribution < 1.29 is 0 Å². The van der Waals surface area contributed by atoms with Gasteiger partial charge < -0.3 is 0 Å². The molecule has 0 fully saturated rings. The van der Waals surface area contributed by atoms with Gasteiger partial charge in [0.1, 0.15) is 0 Å². The lowest BCUT2D eigenvalue weighted by Gasteiger charge is -2.22. The minimum atomic E-state index is -0.396. The highest BCUT2D eigenvalue weighted by molar-refractivity contribution is 6.44. The van der Waals surface area contributed by atoms with Crippen LogP contribution in [0.25, 0.3) is 6.08 Å². The zero-order valence-corrected chi connectivity index (χ0v) is 18.0. The molecule has 28 heavy (non-hydrogen) atoms. The van der Waals surface area contributed by atoms with Gasteiger partial charge in [-0.05, 0) is 52.8 Å². The Bertz CT molecular complexity index is 1060. The fourth-order valence-electron chi connectivity index (χ4n) is 5.16. The molecule has 0 bridgehead atoms. The first-order valence-electron chi connectivity index (χ1n) is 10.3. The maximum atomic E-state index is 2.49. The molecule has 1 heteroatoms. The van der Waals surface area contributed by atoms with Crippen LogP contribution in [0.5, 0.6) is 0 Å². The number of rotatable bonds is 3. The molecular formula is C27H26Si. The van der Waals surface area contributed by atoms with E-state index >= 15 is 0 Å². The van der Waals surface area contributed by atoms with E-state index in [1.54, 1.807) is 22.3 Å². The molecule has 3 unspecified atom stereocenters. The molecule has 0 amide bonds. The predicted molar refractivity (Wildman–Crippen MR) is 123 cm³/mol. The largest absolute Gasteiger partial charge is 0.0726 e. The minimum absolute atomic E-state index is 0.368. The van der Waals surface area contributed by atoms with Crippen LogP contribution in [0.1, 0.15) is 42.0 Å². The highest BCUT2D eigenvalue weighted by Crippen LogP contribution is 2.47. The van der Waals surface area contributed by atoms with Gasteiger partial charge in [-0.15, -0.1) is 0 Å². The summed E-state index contributed by atoms with van der Waals surface area (Å²) in [6.07, 6.45) is 14.1. The number of hydrogen-bond acceptors (Lipinski definition) is 0.